The van der Waals surface area contributed by atoms with Gasteiger partial charge in [-0.2, -0.15) is 0 Å². The van der Waals surface area contributed by atoms with Gasteiger partial charge in [-0.3, -0.25) is 9.59 Å². The van der Waals surface area contributed by atoms with E-state index in [2.05, 4.69) is 4.98 Å². The van der Waals surface area contributed by atoms with Crippen molar-refractivity contribution < 1.29 is 19.1 Å². The fourth-order valence-electron chi connectivity index (χ4n) is 2.58. The summed E-state index contributed by atoms with van der Waals surface area (Å²) in [5.41, 5.74) is 2.64. The van der Waals surface area contributed by atoms with Crippen molar-refractivity contribution in [2.75, 3.05) is 6.61 Å². The molecule has 130 valence electrons. The van der Waals surface area contributed by atoms with E-state index < -0.39 is 18.4 Å². The molecule has 1 heterocycles. The van der Waals surface area contributed by atoms with Crippen molar-refractivity contribution in [3.63, 3.8) is 0 Å². The van der Waals surface area contributed by atoms with Crippen LogP contribution in [0.3, 0.4) is 0 Å². The fraction of sp³-hybridized carbons (Fsp3) is 0.211. The van der Waals surface area contributed by atoms with E-state index >= 15 is 0 Å². The van der Waals surface area contributed by atoms with Crippen LogP contribution in [0.15, 0.2) is 30.3 Å². The minimum Gasteiger partial charge on any atom is -0.454 e. The van der Waals surface area contributed by atoms with E-state index in [1.807, 2.05) is 0 Å². The summed E-state index contributed by atoms with van der Waals surface area (Å²) in [4.78, 5) is 38.5. The van der Waals surface area contributed by atoms with Crippen LogP contribution in [-0.4, -0.2) is 29.1 Å². The summed E-state index contributed by atoms with van der Waals surface area (Å²) in [6, 6.07) is 7.04. The number of aryl methyl sites for hydroxylation is 1. The smallest absolute Gasteiger partial charge is 0.331 e. The van der Waals surface area contributed by atoms with Gasteiger partial charge in [0.25, 0.3) is 0 Å². The van der Waals surface area contributed by atoms with Crippen LogP contribution in [0.4, 0.5) is 0 Å². The Kier molecular flexibility index (Phi) is 5.93. The first-order valence-electron chi connectivity index (χ1n) is 7.64. The summed E-state index contributed by atoms with van der Waals surface area (Å²) < 4.78 is 4.96. The molecule has 0 amide bonds. The van der Waals surface area contributed by atoms with Crippen LogP contribution in [0, 0.1) is 13.8 Å². The number of nitrogens with one attached hydrogen (secondary N) is 1. The van der Waals surface area contributed by atoms with Crippen LogP contribution in [0.25, 0.3) is 6.08 Å². The molecule has 25 heavy (non-hydrogen) atoms. The van der Waals surface area contributed by atoms with Crippen LogP contribution >= 0.6 is 11.6 Å². The third-order valence-corrected chi connectivity index (χ3v) is 4.06. The highest BCUT2D eigenvalue weighted by atomic mass is 35.5. The number of hydrogen-bond acceptors (Lipinski definition) is 4. The van der Waals surface area contributed by atoms with Crippen molar-refractivity contribution in [2.24, 2.45) is 0 Å². The molecule has 0 saturated heterocycles. The minimum absolute atomic E-state index is 0.120. The Balaban J connectivity index is 2.01. The number of halogens is 1. The monoisotopic (exact) mass is 359 g/mol. The quantitative estimate of drug-likeness (QED) is 0.481. The normalized spacial score (nSPS) is 10.9. The van der Waals surface area contributed by atoms with Crippen molar-refractivity contribution in [1.82, 2.24) is 4.98 Å². The van der Waals surface area contributed by atoms with E-state index in [0.29, 0.717) is 27.4 Å². The Morgan fingerprint density at radius 3 is 2.48 bits per heavy atom. The summed E-state index contributed by atoms with van der Waals surface area (Å²) in [6.07, 6.45) is 2.73. The van der Waals surface area contributed by atoms with Crippen LogP contribution in [0.5, 0.6) is 0 Å². The number of carbonyl (C=O) groups is 3. The molecule has 0 bridgehead atoms. The number of hydrogen-bond donors (Lipinski definition) is 1. The summed E-state index contributed by atoms with van der Waals surface area (Å²) in [7, 11) is 0. The maximum Gasteiger partial charge on any atom is 0.331 e. The second-order valence-electron chi connectivity index (χ2n) is 5.57. The molecule has 1 N–H and O–H groups in total. The summed E-state index contributed by atoms with van der Waals surface area (Å²) in [6.45, 7) is 4.44. The number of aromatic amines is 1. The first-order valence-corrected chi connectivity index (χ1v) is 8.01. The zero-order valence-corrected chi connectivity index (χ0v) is 14.9. The largest absolute Gasteiger partial charge is 0.454 e. The van der Waals surface area contributed by atoms with Gasteiger partial charge in [0.15, 0.2) is 12.4 Å². The number of Topliss-reactive ketones (excluding diaryl/α,β-unsaturated/α-hetero) is 2. The van der Waals surface area contributed by atoms with Crippen molar-refractivity contribution in [3.8, 4) is 0 Å². The molecule has 6 heteroatoms. The lowest BCUT2D eigenvalue weighted by molar-refractivity contribution is -0.136. The molecule has 0 saturated carbocycles. The van der Waals surface area contributed by atoms with Gasteiger partial charge < -0.3 is 9.72 Å². The number of ether oxygens (including phenoxy) is 1. The first kappa shape index (κ1) is 18.7. The minimum atomic E-state index is -0.652. The Morgan fingerprint density at radius 1 is 1.20 bits per heavy atom. The second-order valence-corrected chi connectivity index (χ2v) is 5.97. The SMILES string of the molecule is CC(=O)c1c(C)[nH]c(C(=O)COC(=O)/C=C/c2ccccc2Cl)c1C. The fourth-order valence-corrected chi connectivity index (χ4v) is 2.78. The molecule has 0 fully saturated rings. The van der Waals surface area contributed by atoms with E-state index in [9.17, 15) is 14.4 Å². The van der Waals surface area contributed by atoms with Gasteiger partial charge in [0.2, 0.25) is 5.78 Å². The van der Waals surface area contributed by atoms with Crippen LogP contribution in [0.1, 0.15) is 44.6 Å². The predicted molar refractivity (Wildman–Crippen MR) is 96.0 cm³/mol. The highest BCUT2D eigenvalue weighted by molar-refractivity contribution is 6.32. The van der Waals surface area contributed by atoms with Gasteiger partial charge in [0.05, 0.1) is 5.69 Å². The van der Waals surface area contributed by atoms with E-state index in [0.717, 1.165) is 0 Å². The Hall–Kier alpha value is -2.66. The molecule has 0 spiro atoms. The van der Waals surface area contributed by atoms with Gasteiger partial charge >= 0.3 is 5.97 Å². The number of H-pyrrole nitrogens is 1. The molecule has 0 aliphatic rings. The van der Waals surface area contributed by atoms with E-state index in [4.69, 9.17) is 16.3 Å². The third kappa shape index (κ3) is 4.45. The maximum absolute atomic E-state index is 12.2. The third-order valence-electron chi connectivity index (χ3n) is 3.72. The summed E-state index contributed by atoms with van der Waals surface area (Å²) >= 11 is 5.99. The number of ketones is 2. The maximum atomic E-state index is 12.2. The molecular weight excluding hydrogens is 342 g/mol. The number of aromatic nitrogens is 1. The standard InChI is InChI=1S/C19H18ClNO4/c1-11-18(13(3)22)12(2)21-19(11)16(23)10-25-17(24)9-8-14-6-4-5-7-15(14)20/h4-9,21H,10H2,1-3H3/b9-8+. The molecule has 2 aromatic rings. The van der Waals surface area contributed by atoms with Crippen molar-refractivity contribution in [2.45, 2.75) is 20.8 Å². The van der Waals surface area contributed by atoms with E-state index in [1.165, 1.54) is 19.1 Å². The molecule has 0 atom stereocenters. The van der Waals surface area contributed by atoms with Crippen molar-refractivity contribution in [3.05, 3.63) is 63.4 Å². The summed E-state index contributed by atoms with van der Waals surface area (Å²) in [5, 5.41) is 0.511. The van der Waals surface area contributed by atoms with Crippen molar-refractivity contribution in [1.29, 1.82) is 0 Å². The van der Waals surface area contributed by atoms with Gasteiger partial charge in [-0.05, 0) is 44.0 Å². The zero-order chi connectivity index (χ0) is 18.6. The van der Waals surface area contributed by atoms with Crippen molar-refractivity contribution >= 4 is 35.2 Å². The molecule has 0 radical (unpaired) electrons. The topological polar surface area (TPSA) is 76.2 Å². The Bertz CT molecular complexity index is 864. The summed E-state index contributed by atoms with van der Waals surface area (Å²) in [5.74, 6) is -1.17. The number of rotatable bonds is 6. The lowest BCUT2D eigenvalue weighted by Gasteiger charge is -2.02. The van der Waals surface area contributed by atoms with Gasteiger partial charge in [-0.15, -0.1) is 0 Å². The van der Waals surface area contributed by atoms with Gasteiger partial charge in [0, 0.05) is 22.4 Å². The highest BCUT2D eigenvalue weighted by Crippen LogP contribution is 2.19. The molecule has 5 nitrogen and oxygen atoms in total. The van der Waals surface area contributed by atoms with Crippen LogP contribution < -0.4 is 0 Å². The lowest BCUT2D eigenvalue weighted by Crippen LogP contribution is -2.14. The Morgan fingerprint density at radius 2 is 1.88 bits per heavy atom. The average molecular weight is 360 g/mol. The number of esters is 1. The zero-order valence-electron chi connectivity index (χ0n) is 14.2. The molecule has 0 aliphatic carbocycles. The van der Waals surface area contributed by atoms with E-state index in [-0.39, 0.29) is 11.5 Å². The molecule has 0 unspecified atom stereocenters. The molecule has 0 aliphatic heterocycles. The number of benzene rings is 1. The predicted octanol–water partition coefficient (Wildman–Crippen LogP) is 3.93. The van der Waals surface area contributed by atoms with Gasteiger partial charge in [-0.1, -0.05) is 29.8 Å². The first-order chi connectivity index (χ1) is 11.8. The van der Waals surface area contributed by atoms with Crippen LogP contribution in [-0.2, 0) is 9.53 Å². The van der Waals surface area contributed by atoms with E-state index in [1.54, 1.807) is 38.1 Å². The Labute approximate surface area is 150 Å². The molecule has 1 aromatic carbocycles. The average Bonchev–Trinajstić information content (AvgIpc) is 2.86. The van der Waals surface area contributed by atoms with Gasteiger partial charge in [-0.25, -0.2) is 4.79 Å². The highest BCUT2D eigenvalue weighted by Gasteiger charge is 2.20. The van der Waals surface area contributed by atoms with Gasteiger partial charge in [0.1, 0.15) is 0 Å². The second kappa shape index (κ2) is 7.94. The number of carbonyl (C=O) groups excluding carboxylic acids is 3. The molecular formula is C19H18ClNO4. The molecule has 1 aromatic heterocycles. The van der Waals surface area contributed by atoms with Crippen LogP contribution in [0.2, 0.25) is 5.02 Å². The molecule has 2 rings (SSSR count). The lowest BCUT2D eigenvalue weighted by atomic mass is 10.1.